The molecule has 1 aliphatic heterocycles. The monoisotopic (exact) mass is 262 g/mol. The van der Waals surface area contributed by atoms with Crippen LogP contribution >= 0.6 is 0 Å². The van der Waals surface area contributed by atoms with Crippen LogP contribution in [0.3, 0.4) is 0 Å². The second-order valence-electron chi connectivity index (χ2n) is 5.25. The number of hydrogen-bond donors (Lipinski definition) is 1. The van der Waals surface area contributed by atoms with Gasteiger partial charge in [-0.25, -0.2) is 9.97 Å². The molecule has 102 valence electrons. The number of hydrogen-bond acceptors (Lipinski definition) is 4. The van der Waals surface area contributed by atoms with E-state index in [1.165, 1.54) is 0 Å². The number of carbonyl (C=O) groups excluding carboxylic acids is 2. The number of nitrogens with zero attached hydrogens (tertiary/aromatic N) is 3. The van der Waals surface area contributed by atoms with E-state index in [4.69, 9.17) is 0 Å². The molecule has 0 atom stereocenters. The van der Waals surface area contributed by atoms with Crippen LogP contribution in [0.25, 0.3) is 0 Å². The molecule has 0 aliphatic carbocycles. The first-order chi connectivity index (χ1) is 8.88. The first-order valence-electron chi connectivity index (χ1n) is 6.27. The van der Waals surface area contributed by atoms with E-state index in [2.05, 4.69) is 15.3 Å². The highest BCUT2D eigenvalue weighted by Gasteiger charge is 2.36. The molecule has 2 amide bonds. The van der Waals surface area contributed by atoms with E-state index < -0.39 is 5.54 Å². The molecule has 0 saturated carbocycles. The van der Waals surface area contributed by atoms with E-state index in [9.17, 15) is 9.59 Å². The summed E-state index contributed by atoms with van der Waals surface area (Å²) >= 11 is 0. The smallest absolute Gasteiger partial charge is 0.248 e. The molecular formula is C13H18N4O2. The highest BCUT2D eigenvalue weighted by molar-refractivity contribution is 5.92. The number of nitrogens with one attached hydrogen (secondary N) is 1. The highest BCUT2D eigenvalue weighted by atomic mass is 16.2. The summed E-state index contributed by atoms with van der Waals surface area (Å²) in [4.78, 5) is 33.9. The Hall–Kier alpha value is -1.98. The van der Waals surface area contributed by atoms with Gasteiger partial charge in [0.2, 0.25) is 11.8 Å². The van der Waals surface area contributed by atoms with Crippen molar-refractivity contribution in [3.8, 4) is 0 Å². The predicted octanol–water partition coefficient (Wildman–Crippen LogP) is 0.412. The summed E-state index contributed by atoms with van der Waals surface area (Å²) in [5.41, 5.74) is -0.0821. The molecule has 1 N–H and O–H groups in total. The zero-order valence-corrected chi connectivity index (χ0v) is 11.4. The maximum Gasteiger partial charge on any atom is 0.248 e. The van der Waals surface area contributed by atoms with Gasteiger partial charge >= 0.3 is 0 Å². The van der Waals surface area contributed by atoms with Crippen molar-refractivity contribution in [3.63, 3.8) is 0 Å². The van der Waals surface area contributed by atoms with Gasteiger partial charge in [-0.2, -0.15) is 0 Å². The van der Waals surface area contributed by atoms with Crippen molar-refractivity contribution in [2.45, 2.75) is 39.3 Å². The third-order valence-corrected chi connectivity index (χ3v) is 3.07. The minimum absolute atomic E-state index is 0.0883. The number of aryl methyl sites for hydroxylation is 1. The lowest BCUT2D eigenvalue weighted by Gasteiger charge is -2.28. The molecule has 1 saturated heterocycles. The van der Waals surface area contributed by atoms with Crippen molar-refractivity contribution in [1.29, 1.82) is 0 Å². The first kappa shape index (κ1) is 13.5. The van der Waals surface area contributed by atoms with E-state index in [1.54, 1.807) is 31.0 Å². The minimum Gasteiger partial charge on any atom is -0.342 e. The van der Waals surface area contributed by atoms with Crippen LogP contribution < -0.4 is 5.32 Å². The van der Waals surface area contributed by atoms with Crippen LogP contribution in [-0.2, 0) is 16.1 Å². The third-order valence-electron chi connectivity index (χ3n) is 3.07. The molecule has 19 heavy (non-hydrogen) atoms. The maximum atomic E-state index is 12.4. The molecular weight excluding hydrogens is 244 g/mol. The Bertz CT molecular complexity index is 513. The summed E-state index contributed by atoms with van der Waals surface area (Å²) in [7, 11) is 0. The molecule has 0 aromatic carbocycles. The van der Waals surface area contributed by atoms with Crippen LogP contribution in [0.5, 0.6) is 0 Å². The first-order valence-corrected chi connectivity index (χ1v) is 6.27. The second-order valence-corrected chi connectivity index (χ2v) is 5.25. The Labute approximate surface area is 112 Å². The quantitative estimate of drug-likeness (QED) is 0.837. The van der Waals surface area contributed by atoms with Crippen molar-refractivity contribution < 1.29 is 9.59 Å². The minimum atomic E-state index is -0.865. The van der Waals surface area contributed by atoms with Crippen molar-refractivity contribution >= 4 is 11.8 Å². The summed E-state index contributed by atoms with van der Waals surface area (Å²) in [5.74, 6) is 0.488. The van der Waals surface area contributed by atoms with Gasteiger partial charge in [0, 0.05) is 19.2 Å². The molecule has 0 spiro atoms. The molecule has 0 unspecified atom stereocenters. The van der Waals surface area contributed by atoms with Crippen molar-refractivity contribution in [2.24, 2.45) is 0 Å². The van der Waals surface area contributed by atoms with Crippen molar-refractivity contribution in [2.75, 3.05) is 6.54 Å². The van der Waals surface area contributed by atoms with Gasteiger partial charge in [0.15, 0.2) is 0 Å². The number of amides is 2. The molecule has 0 bridgehead atoms. The van der Waals surface area contributed by atoms with Gasteiger partial charge in [0.1, 0.15) is 11.4 Å². The van der Waals surface area contributed by atoms with E-state index >= 15 is 0 Å². The number of aromatic nitrogens is 2. The average Bonchev–Trinajstić information content (AvgIpc) is 2.40. The highest BCUT2D eigenvalue weighted by Crippen LogP contribution is 2.15. The van der Waals surface area contributed by atoms with Crippen LogP contribution in [0.15, 0.2) is 12.3 Å². The topological polar surface area (TPSA) is 75.2 Å². The molecule has 6 heteroatoms. The fraction of sp³-hybridized carbons (Fsp3) is 0.538. The number of rotatable bonds is 2. The Morgan fingerprint density at radius 1 is 1.42 bits per heavy atom. The fourth-order valence-corrected chi connectivity index (χ4v) is 2.14. The van der Waals surface area contributed by atoms with Crippen molar-refractivity contribution in [3.05, 3.63) is 23.8 Å². The largest absolute Gasteiger partial charge is 0.342 e. The molecule has 6 nitrogen and oxygen atoms in total. The van der Waals surface area contributed by atoms with Crippen LogP contribution in [-0.4, -0.2) is 38.8 Å². The standard InChI is InChI=1S/C13H18N4O2/c1-9-14-6-4-10(15-9)8-17-7-5-11(18)16-13(2,3)12(17)19/h4,6H,5,7-8H2,1-3H3,(H,16,18). The van der Waals surface area contributed by atoms with Crippen LogP contribution in [0.2, 0.25) is 0 Å². The maximum absolute atomic E-state index is 12.4. The zero-order chi connectivity index (χ0) is 14.0. The van der Waals surface area contributed by atoms with Gasteiger partial charge in [-0.15, -0.1) is 0 Å². The Balaban J connectivity index is 2.19. The number of carbonyl (C=O) groups is 2. The summed E-state index contributed by atoms with van der Waals surface area (Å²) in [6, 6.07) is 1.79. The summed E-state index contributed by atoms with van der Waals surface area (Å²) in [6.07, 6.45) is 1.99. The van der Waals surface area contributed by atoms with Crippen molar-refractivity contribution in [1.82, 2.24) is 20.2 Å². The van der Waals surface area contributed by atoms with E-state index in [1.807, 2.05) is 6.92 Å². The Kier molecular flexibility index (Phi) is 3.50. The Morgan fingerprint density at radius 3 is 2.84 bits per heavy atom. The molecule has 1 aliphatic rings. The second kappa shape index (κ2) is 4.95. The van der Waals surface area contributed by atoms with E-state index in [0.29, 0.717) is 25.3 Å². The van der Waals surface area contributed by atoms with Gasteiger partial charge in [-0.05, 0) is 26.8 Å². The lowest BCUT2D eigenvalue weighted by molar-refractivity contribution is -0.137. The Morgan fingerprint density at radius 2 is 2.16 bits per heavy atom. The summed E-state index contributed by atoms with van der Waals surface area (Å²) < 4.78 is 0. The predicted molar refractivity (Wildman–Crippen MR) is 69.0 cm³/mol. The van der Waals surface area contributed by atoms with Crippen LogP contribution in [0.4, 0.5) is 0 Å². The van der Waals surface area contributed by atoms with Crippen LogP contribution in [0.1, 0.15) is 31.8 Å². The van der Waals surface area contributed by atoms with Gasteiger partial charge in [0.25, 0.3) is 0 Å². The van der Waals surface area contributed by atoms with Gasteiger partial charge in [-0.1, -0.05) is 0 Å². The normalized spacial score (nSPS) is 19.0. The van der Waals surface area contributed by atoms with E-state index in [0.717, 1.165) is 5.69 Å². The fourth-order valence-electron chi connectivity index (χ4n) is 2.14. The molecule has 2 heterocycles. The van der Waals surface area contributed by atoms with E-state index in [-0.39, 0.29) is 11.8 Å². The molecule has 1 aromatic heterocycles. The van der Waals surface area contributed by atoms with Gasteiger partial charge in [-0.3, -0.25) is 9.59 Å². The van der Waals surface area contributed by atoms with Gasteiger partial charge in [0.05, 0.1) is 12.2 Å². The molecule has 0 radical (unpaired) electrons. The molecule has 1 aromatic rings. The zero-order valence-electron chi connectivity index (χ0n) is 11.4. The summed E-state index contributed by atoms with van der Waals surface area (Å²) in [6.45, 7) is 6.06. The van der Waals surface area contributed by atoms with Gasteiger partial charge < -0.3 is 10.2 Å². The average molecular weight is 262 g/mol. The lowest BCUT2D eigenvalue weighted by Crippen LogP contribution is -2.52. The summed E-state index contributed by atoms with van der Waals surface area (Å²) in [5, 5.41) is 2.73. The third kappa shape index (κ3) is 3.07. The molecule has 1 fully saturated rings. The molecule has 2 rings (SSSR count). The van der Waals surface area contributed by atoms with Crippen LogP contribution in [0, 0.1) is 6.92 Å². The SMILES string of the molecule is Cc1nccc(CN2CCC(=O)NC(C)(C)C2=O)n1. The lowest BCUT2D eigenvalue weighted by atomic mass is 10.0.